The van der Waals surface area contributed by atoms with Gasteiger partial charge in [-0.05, 0) is 42.5 Å². The van der Waals surface area contributed by atoms with Crippen LogP contribution < -0.4 is 4.74 Å². The van der Waals surface area contributed by atoms with Crippen molar-refractivity contribution < 1.29 is 9.53 Å². The number of rotatable bonds is 3. The van der Waals surface area contributed by atoms with Gasteiger partial charge in [-0.25, -0.2) is 0 Å². The number of aldehydes is 1. The minimum Gasteiger partial charge on any atom is -0.456 e. The van der Waals surface area contributed by atoms with Crippen LogP contribution in [0.5, 0.6) is 11.5 Å². The molecule has 2 aromatic carbocycles. The first-order valence-corrected chi connectivity index (χ1v) is 5.53. The van der Waals surface area contributed by atoms with Crippen LogP contribution >= 0.6 is 11.6 Å². The van der Waals surface area contributed by atoms with Crippen molar-refractivity contribution in [3.63, 3.8) is 0 Å². The Morgan fingerprint density at radius 3 is 2.44 bits per heavy atom. The molecule has 4 heteroatoms. The maximum Gasteiger partial charge on any atom is 0.150 e. The lowest BCUT2D eigenvalue weighted by Gasteiger charge is -2.07. The highest BCUT2D eigenvalue weighted by molar-refractivity contribution is 6.32. The molecule has 0 amide bonds. The molecule has 0 aliphatic carbocycles. The minimum absolute atomic E-state index is 0.365. The third-order valence-corrected chi connectivity index (χ3v) is 2.60. The second-order valence-corrected chi connectivity index (χ2v) is 3.95. The number of carbonyl (C=O) groups excluding carboxylic acids is 1. The highest BCUT2D eigenvalue weighted by Crippen LogP contribution is 2.29. The van der Waals surface area contributed by atoms with Crippen molar-refractivity contribution in [3.8, 4) is 17.6 Å². The van der Waals surface area contributed by atoms with Crippen LogP contribution in [0.2, 0.25) is 5.02 Å². The SMILES string of the molecule is N#Cc1ccc(Oc2ccc(C=O)cc2Cl)cc1. The Morgan fingerprint density at radius 2 is 1.89 bits per heavy atom. The summed E-state index contributed by atoms with van der Waals surface area (Å²) < 4.78 is 5.55. The van der Waals surface area contributed by atoms with Gasteiger partial charge >= 0.3 is 0 Å². The Hall–Kier alpha value is -2.31. The Balaban J connectivity index is 2.23. The fraction of sp³-hybridized carbons (Fsp3) is 0. The normalized spacial score (nSPS) is 9.56. The molecule has 18 heavy (non-hydrogen) atoms. The molecule has 0 aromatic heterocycles. The predicted octanol–water partition coefficient (Wildman–Crippen LogP) is 3.82. The van der Waals surface area contributed by atoms with E-state index in [0.717, 1.165) is 6.29 Å². The van der Waals surface area contributed by atoms with Crippen LogP contribution in [0.4, 0.5) is 0 Å². The van der Waals surface area contributed by atoms with Gasteiger partial charge in [-0.15, -0.1) is 0 Å². The Bertz CT molecular complexity index is 615. The number of hydrogen-bond acceptors (Lipinski definition) is 3. The molecular formula is C14H8ClNO2. The summed E-state index contributed by atoms with van der Waals surface area (Å²) in [5.74, 6) is 1.04. The van der Waals surface area contributed by atoms with Gasteiger partial charge in [-0.1, -0.05) is 11.6 Å². The third kappa shape index (κ3) is 2.68. The molecule has 0 bridgehead atoms. The van der Waals surface area contributed by atoms with Gasteiger partial charge in [-0.3, -0.25) is 4.79 Å². The number of ether oxygens (including phenoxy) is 1. The van der Waals surface area contributed by atoms with Crippen molar-refractivity contribution in [2.75, 3.05) is 0 Å². The highest BCUT2D eigenvalue weighted by atomic mass is 35.5. The molecule has 0 N–H and O–H groups in total. The van der Waals surface area contributed by atoms with Crippen molar-refractivity contribution in [1.29, 1.82) is 5.26 Å². The van der Waals surface area contributed by atoms with E-state index in [9.17, 15) is 4.79 Å². The summed E-state index contributed by atoms with van der Waals surface area (Å²) in [5, 5.41) is 9.04. The average molecular weight is 258 g/mol. The maximum absolute atomic E-state index is 10.6. The van der Waals surface area contributed by atoms with Crippen molar-refractivity contribution in [2.45, 2.75) is 0 Å². The topological polar surface area (TPSA) is 50.1 Å². The summed E-state index contributed by atoms with van der Waals surface area (Å²) in [4.78, 5) is 10.6. The van der Waals surface area contributed by atoms with Gasteiger partial charge in [0.25, 0.3) is 0 Å². The number of nitriles is 1. The molecule has 0 radical (unpaired) electrons. The molecule has 2 aromatic rings. The number of carbonyl (C=O) groups is 1. The van der Waals surface area contributed by atoms with Crippen molar-refractivity contribution in [2.24, 2.45) is 0 Å². The molecular weight excluding hydrogens is 250 g/mol. The largest absolute Gasteiger partial charge is 0.456 e. The van der Waals surface area contributed by atoms with E-state index in [1.807, 2.05) is 6.07 Å². The van der Waals surface area contributed by atoms with E-state index in [2.05, 4.69) is 0 Å². The van der Waals surface area contributed by atoms with Gasteiger partial charge < -0.3 is 4.74 Å². The molecule has 0 heterocycles. The molecule has 3 nitrogen and oxygen atoms in total. The first kappa shape index (κ1) is 12.2. The lowest BCUT2D eigenvalue weighted by molar-refractivity contribution is 0.112. The predicted molar refractivity (Wildman–Crippen MR) is 68.1 cm³/mol. The van der Waals surface area contributed by atoms with E-state index < -0.39 is 0 Å². The lowest BCUT2D eigenvalue weighted by atomic mass is 10.2. The molecule has 0 atom stereocenters. The number of halogens is 1. The number of benzene rings is 2. The van der Waals surface area contributed by atoms with E-state index in [-0.39, 0.29) is 0 Å². The van der Waals surface area contributed by atoms with Crippen molar-refractivity contribution >= 4 is 17.9 Å². The van der Waals surface area contributed by atoms with Crippen molar-refractivity contribution in [3.05, 3.63) is 58.6 Å². The maximum atomic E-state index is 10.6. The van der Waals surface area contributed by atoms with Gasteiger partial charge in [0.15, 0.2) is 0 Å². The van der Waals surface area contributed by atoms with E-state index >= 15 is 0 Å². The van der Waals surface area contributed by atoms with E-state index in [4.69, 9.17) is 21.6 Å². The molecule has 0 unspecified atom stereocenters. The standard InChI is InChI=1S/C14H8ClNO2/c15-13-7-11(9-17)3-6-14(13)18-12-4-1-10(8-16)2-5-12/h1-7,9H. The van der Waals surface area contributed by atoms with Gasteiger partial charge in [0.05, 0.1) is 16.7 Å². The molecule has 0 fully saturated rings. The lowest BCUT2D eigenvalue weighted by Crippen LogP contribution is -1.87. The van der Waals surface area contributed by atoms with Crippen LogP contribution in [-0.4, -0.2) is 6.29 Å². The fourth-order valence-electron chi connectivity index (χ4n) is 1.40. The zero-order valence-corrected chi connectivity index (χ0v) is 10.0. The second kappa shape index (κ2) is 5.35. The van der Waals surface area contributed by atoms with E-state index in [0.29, 0.717) is 27.6 Å². The monoisotopic (exact) mass is 257 g/mol. The minimum atomic E-state index is 0.365. The average Bonchev–Trinajstić information content (AvgIpc) is 2.42. The molecule has 0 saturated heterocycles. The van der Waals surface area contributed by atoms with E-state index in [1.54, 1.807) is 36.4 Å². The number of nitrogens with zero attached hydrogens (tertiary/aromatic N) is 1. The molecule has 88 valence electrons. The Labute approximate surface area is 109 Å². The van der Waals surface area contributed by atoms with Gasteiger partial charge in [0.2, 0.25) is 0 Å². The first-order chi connectivity index (χ1) is 8.72. The zero-order valence-electron chi connectivity index (χ0n) is 9.26. The van der Waals surface area contributed by atoms with Gasteiger partial charge in [-0.2, -0.15) is 5.26 Å². The summed E-state index contributed by atoms with van der Waals surface area (Å²) in [5.41, 5.74) is 1.05. The summed E-state index contributed by atoms with van der Waals surface area (Å²) in [6.07, 6.45) is 0.720. The molecule has 0 aliphatic rings. The summed E-state index contributed by atoms with van der Waals surface area (Å²) in [6, 6.07) is 13.5. The van der Waals surface area contributed by atoms with Crippen LogP contribution in [0.3, 0.4) is 0 Å². The Morgan fingerprint density at radius 1 is 1.17 bits per heavy atom. The van der Waals surface area contributed by atoms with Crippen LogP contribution in [0.15, 0.2) is 42.5 Å². The van der Waals surface area contributed by atoms with Crippen LogP contribution in [0.25, 0.3) is 0 Å². The fourth-order valence-corrected chi connectivity index (χ4v) is 1.63. The van der Waals surface area contributed by atoms with Crippen molar-refractivity contribution in [1.82, 2.24) is 0 Å². The molecule has 0 spiro atoms. The summed E-state index contributed by atoms with van der Waals surface area (Å²) >= 11 is 5.98. The third-order valence-electron chi connectivity index (χ3n) is 2.30. The van der Waals surface area contributed by atoms with Crippen LogP contribution in [-0.2, 0) is 0 Å². The first-order valence-electron chi connectivity index (χ1n) is 5.15. The molecule has 0 saturated carbocycles. The molecule has 2 rings (SSSR count). The summed E-state index contributed by atoms with van der Waals surface area (Å²) in [6.45, 7) is 0. The van der Waals surface area contributed by atoms with E-state index in [1.165, 1.54) is 6.07 Å². The van der Waals surface area contributed by atoms with Gasteiger partial charge in [0, 0.05) is 5.56 Å². The smallest absolute Gasteiger partial charge is 0.150 e. The molecule has 0 aliphatic heterocycles. The van der Waals surface area contributed by atoms with Gasteiger partial charge in [0.1, 0.15) is 17.8 Å². The summed E-state index contributed by atoms with van der Waals surface area (Å²) in [7, 11) is 0. The quantitative estimate of drug-likeness (QED) is 0.786. The zero-order chi connectivity index (χ0) is 13.0. The highest BCUT2D eigenvalue weighted by Gasteiger charge is 2.04. The van der Waals surface area contributed by atoms with Crippen LogP contribution in [0, 0.1) is 11.3 Å². The second-order valence-electron chi connectivity index (χ2n) is 3.55. The Kier molecular flexibility index (Phi) is 3.61. The van der Waals surface area contributed by atoms with Crippen LogP contribution in [0.1, 0.15) is 15.9 Å². The number of hydrogen-bond donors (Lipinski definition) is 0.